The van der Waals surface area contributed by atoms with Gasteiger partial charge in [0.05, 0.1) is 6.10 Å². The van der Waals surface area contributed by atoms with Crippen molar-refractivity contribution in [1.82, 2.24) is 4.98 Å². The molecule has 1 fully saturated rings. The molecule has 1 heterocycles. The minimum Gasteiger partial charge on any atom is -0.489 e. The van der Waals surface area contributed by atoms with Crippen LogP contribution in [0.15, 0.2) is 12.3 Å². The zero-order chi connectivity index (χ0) is 10.8. The third-order valence-corrected chi connectivity index (χ3v) is 2.06. The first-order chi connectivity index (χ1) is 7.20. The number of amides is 1. The lowest BCUT2D eigenvalue weighted by molar-refractivity contribution is 0.0995. The van der Waals surface area contributed by atoms with Crippen LogP contribution in [-0.4, -0.2) is 17.0 Å². The predicted molar refractivity (Wildman–Crippen MR) is 51.1 cm³/mol. The number of nitrogens with two attached hydrogens (primary N) is 1. The van der Waals surface area contributed by atoms with Crippen LogP contribution in [0.2, 0.25) is 0 Å². The molecule has 0 aromatic carbocycles. The molecule has 2 rings (SSSR count). The highest BCUT2D eigenvalue weighted by Crippen LogP contribution is 2.28. The fourth-order valence-electron chi connectivity index (χ4n) is 1.12. The molecule has 76 valence electrons. The standard InChI is InChI=1S/C10H9N3O2/c11-4-6-5-13-8(10(12)14)3-9(6)15-7-1-2-7/h3,5,7H,1-2H2,(H2,12,14). The van der Waals surface area contributed by atoms with Gasteiger partial charge in [0.15, 0.2) is 0 Å². The number of carbonyl (C=O) groups is 1. The van der Waals surface area contributed by atoms with Crippen LogP contribution in [0.4, 0.5) is 0 Å². The first kappa shape index (κ1) is 9.46. The van der Waals surface area contributed by atoms with Crippen LogP contribution >= 0.6 is 0 Å². The summed E-state index contributed by atoms with van der Waals surface area (Å²) in [6.45, 7) is 0. The Balaban J connectivity index is 2.33. The molecule has 0 bridgehead atoms. The molecular formula is C10H9N3O2. The monoisotopic (exact) mass is 203 g/mol. The van der Waals surface area contributed by atoms with Gasteiger partial charge >= 0.3 is 0 Å². The average Bonchev–Trinajstić information content (AvgIpc) is 3.01. The molecule has 1 aromatic heterocycles. The molecule has 0 spiro atoms. The van der Waals surface area contributed by atoms with Crippen molar-refractivity contribution in [3.63, 3.8) is 0 Å². The summed E-state index contributed by atoms with van der Waals surface area (Å²) in [5.41, 5.74) is 5.52. The number of hydrogen-bond donors (Lipinski definition) is 1. The maximum atomic E-state index is 10.9. The number of carbonyl (C=O) groups excluding carboxylic acids is 1. The van der Waals surface area contributed by atoms with Crippen molar-refractivity contribution in [1.29, 1.82) is 5.26 Å². The quantitative estimate of drug-likeness (QED) is 0.778. The highest BCUT2D eigenvalue weighted by Gasteiger charge is 2.25. The van der Waals surface area contributed by atoms with Crippen molar-refractivity contribution < 1.29 is 9.53 Å². The summed E-state index contributed by atoms with van der Waals surface area (Å²) in [6.07, 6.45) is 3.44. The molecule has 15 heavy (non-hydrogen) atoms. The zero-order valence-electron chi connectivity index (χ0n) is 7.93. The third-order valence-electron chi connectivity index (χ3n) is 2.06. The molecule has 1 aliphatic rings. The molecule has 2 N–H and O–H groups in total. The van der Waals surface area contributed by atoms with E-state index in [9.17, 15) is 4.79 Å². The Morgan fingerprint density at radius 1 is 1.67 bits per heavy atom. The van der Waals surface area contributed by atoms with E-state index in [2.05, 4.69) is 4.98 Å². The van der Waals surface area contributed by atoms with Gasteiger partial charge < -0.3 is 10.5 Å². The van der Waals surface area contributed by atoms with Gasteiger partial charge in [-0.05, 0) is 12.8 Å². The van der Waals surface area contributed by atoms with Gasteiger partial charge in [-0.1, -0.05) is 0 Å². The summed E-state index contributed by atoms with van der Waals surface area (Å²) in [5, 5.41) is 8.80. The van der Waals surface area contributed by atoms with E-state index in [1.165, 1.54) is 12.3 Å². The Kier molecular flexibility index (Phi) is 2.26. The molecule has 5 nitrogen and oxygen atoms in total. The normalized spacial score (nSPS) is 14.3. The molecule has 0 unspecified atom stereocenters. The molecule has 0 aliphatic heterocycles. The molecule has 1 aromatic rings. The summed E-state index contributed by atoms with van der Waals surface area (Å²) in [4.78, 5) is 14.6. The van der Waals surface area contributed by atoms with Gasteiger partial charge in [-0.2, -0.15) is 5.26 Å². The second kappa shape index (κ2) is 3.58. The first-order valence-electron chi connectivity index (χ1n) is 4.57. The molecule has 5 heteroatoms. The minimum atomic E-state index is -0.625. The van der Waals surface area contributed by atoms with Crippen molar-refractivity contribution >= 4 is 5.91 Å². The highest BCUT2D eigenvalue weighted by molar-refractivity contribution is 5.91. The van der Waals surface area contributed by atoms with Crippen molar-refractivity contribution in [3.8, 4) is 11.8 Å². The Morgan fingerprint density at radius 2 is 2.40 bits per heavy atom. The number of rotatable bonds is 3. The summed E-state index contributed by atoms with van der Waals surface area (Å²) < 4.78 is 5.47. The Labute approximate surface area is 86.5 Å². The highest BCUT2D eigenvalue weighted by atomic mass is 16.5. The van der Waals surface area contributed by atoms with Crippen LogP contribution in [-0.2, 0) is 0 Å². The van der Waals surface area contributed by atoms with Crippen LogP contribution < -0.4 is 10.5 Å². The van der Waals surface area contributed by atoms with Gasteiger partial charge in [0.2, 0.25) is 0 Å². The third kappa shape index (κ3) is 2.05. The van der Waals surface area contributed by atoms with E-state index in [1.54, 1.807) is 0 Å². The summed E-state index contributed by atoms with van der Waals surface area (Å²) in [5.74, 6) is -0.232. The van der Waals surface area contributed by atoms with Crippen molar-refractivity contribution in [3.05, 3.63) is 23.5 Å². The lowest BCUT2D eigenvalue weighted by atomic mass is 10.2. The molecule has 1 aliphatic carbocycles. The summed E-state index contributed by atoms with van der Waals surface area (Å²) >= 11 is 0. The average molecular weight is 203 g/mol. The van der Waals surface area contributed by atoms with Crippen LogP contribution in [0, 0.1) is 11.3 Å². The number of primary amides is 1. The summed E-state index contributed by atoms with van der Waals surface area (Å²) in [7, 11) is 0. The lowest BCUT2D eigenvalue weighted by Gasteiger charge is -2.06. The zero-order valence-corrected chi connectivity index (χ0v) is 7.93. The fourth-order valence-corrected chi connectivity index (χ4v) is 1.12. The number of ether oxygens (including phenoxy) is 1. The van der Waals surface area contributed by atoms with Crippen LogP contribution in [0.3, 0.4) is 0 Å². The van der Waals surface area contributed by atoms with Crippen LogP contribution in [0.25, 0.3) is 0 Å². The topological polar surface area (TPSA) is 89.0 Å². The molecule has 1 saturated carbocycles. The van der Waals surface area contributed by atoms with Crippen molar-refractivity contribution in [2.24, 2.45) is 5.73 Å². The largest absolute Gasteiger partial charge is 0.489 e. The number of nitriles is 1. The molecule has 1 amide bonds. The second-order valence-corrected chi connectivity index (χ2v) is 3.36. The Bertz CT molecular complexity index is 446. The van der Waals surface area contributed by atoms with Gasteiger partial charge in [-0.15, -0.1) is 0 Å². The maximum Gasteiger partial charge on any atom is 0.267 e. The van der Waals surface area contributed by atoms with E-state index in [4.69, 9.17) is 15.7 Å². The number of aromatic nitrogens is 1. The first-order valence-corrected chi connectivity index (χ1v) is 4.57. The Hall–Kier alpha value is -2.09. The van der Waals surface area contributed by atoms with Gasteiger partial charge in [-0.25, -0.2) is 4.98 Å². The van der Waals surface area contributed by atoms with E-state index in [1.807, 2.05) is 6.07 Å². The molecular weight excluding hydrogens is 194 g/mol. The van der Waals surface area contributed by atoms with Gasteiger partial charge in [0.1, 0.15) is 23.1 Å². The van der Waals surface area contributed by atoms with Gasteiger partial charge in [-0.3, -0.25) is 4.79 Å². The number of pyridine rings is 1. The van der Waals surface area contributed by atoms with Crippen LogP contribution in [0.5, 0.6) is 5.75 Å². The molecule has 0 saturated heterocycles. The minimum absolute atomic E-state index is 0.115. The number of hydrogen-bond acceptors (Lipinski definition) is 4. The van der Waals surface area contributed by atoms with Gasteiger partial charge in [0.25, 0.3) is 5.91 Å². The number of nitrogens with zero attached hydrogens (tertiary/aromatic N) is 2. The SMILES string of the molecule is N#Cc1cnc(C(N)=O)cc1OC1CC1. The molecule has 0 radical (unpaired) electrons. The smallest absolute Gasteiger partial charge is 0.267 e. The molecule has 0 atom stereocenters. The predicted octanol–water partition coefficient (Wildman–Crippen LogP) is 0.593. The summed E-state index contributed by atoms with van der Waals surface area (Å²) in [6, 6.07) is 3.37. The maximum absolute atomic E-state index is 10.9. The van der Waals surface area contributed by atoms with E-state index in [0.717, 1.165) is 12.8 Å². The van der Waals surface area contributed by atoms with E-state index < -0.39 is 5.91 Å². The van der Waals surface area contributed by atoms with Crippen molar-refractivity contribution in [2.45, 2.75) is 18.9 Å². The van der Waals surface area contributed by atoms with Gasteiger partial charge in [0, 0.05) is 12.3 Å². The van der Waals surface area contributed by atoms with E-state index in [-0.39, 0.29) is 11.8 Å². The Morgan fingerprint density at radius 3 is 2.93 bits per heavy atom. The van der Waals surface area contributed by atoms with E-state index in [0.29, 0.717) is 11.3 Å². The second-order valence-electron chi connectivity index (χ2n) is 3.36. The van der Waals surface area contributed by atoms with Crippen molar-refractivity contribution in [2.75, 3.05) is 0 Å². The lowest BCUT2D eigenvalue weighted by Crippen LogP contribution is -2.13. The fraction of sp³-hybridized carbons (Fsp3) is 0.300. The van der Waals surface area contributed by atoms with Crippen LogP contribution in [0.1, 0.15) is 28.9 Å². The van der Waals surface area contributed by atoms with E-state index >= 15 is 0 Å².